The molecule has 7 heteroatoms. The van der Waals surface area contributed by atoms with Gasteiger partial charge in [0, 0.05) is 27.0 Å². The SMILES string of the molecule is CC(NS(=O)(=O)c1ccc2ccccc2c1)C(Cc1ccc(Cl)cc1Cl)c1ccc(Cl)cc1. The normalized spacial score (nSPS) is 13.7. The summed E-state index contributed by atoms with van der Waals surface area (Å²) in [5.41, 5.74) is 1.84. The Morgan fingerprint density at radius 1 is 0.788 bits per heavy atom. The van der Waals surface area contributed by atoms with Crippen molar-refractivity contribution in [3.8, 4) is 0 Å². The van der Waals surface area contributed by atoms with Crippen molar-refractivity contribution < 1.29 is 8.42 Å². The molecule has 2 unspecified atom stereocenters. The number of sulfonamides is 1. The standard InChI is InChI=1S/C26H22Cl3NO2S/c1-17(30-33(31,32)24-13-9-18-4-2-3-5-20(18)14-24)25(19-6-10-22(27)11-7-19)15-21-8-12-23(28)16-26(21)29/h2-14,16-17,25,30H,15H2,1H3. The number of nitrogens with one attached hydrogen (secondary N) is 1. The predicted octanol–water partition coefficient (Wildman–Crippen LogP) is 7.49. The van der Waals surface area contributed by atoms with Gasteiger partial charge in [-0.2, -0.15) is 0 Å². The van der Waals surface area contributed by atoms with Crippen LogP contribution < -0.4 is 4.72 Å². The number of hydrogen-bond acceptors (Lipinski definition) is 2. The molecule has 4 aromatic carbocycles. The van der Waals surface area contributed by atoms with E-state index < -0.39 is 16.1 Å². The molecule has 2 atom stereocenters. The molecule has 170 valence electrons. The molecular formula is C26H22Cl3NO2S. The summed E-state index contributed by atoms with van der Waals surface area (Å²) >= 11 is 18.6. The van der Waals surface area contributed by atoms with Gasteiger partial charge in [-0.25, -0.2) is 13.1 Å². The van der Waals surface area contributed by atoms with Gasteiger partial charge in [-0.3, -0.25) is 0 Å². The van der Waals surface area contributed by atoms with Gasteiger partial charge < -0.3 is 0 Å². The molecule has 0 saturated heterocycles. The Balaban J connectivity index is 1.65. The molecule has 0 spiro atoms. The molecule has 3 nitrogen and oxygen atoms in total. The van der Waals surface area contributed by atoms with Crippen LogP contribution in [0, 0.1) is 0 Å². The molecule has 0 fully saturated rings. The lowest BCUT2D eigenvalue weighted by molar-refractivity contribution is 0.503. The van der Waals surface area contributed by atoms with Crippen LogP contribution in [0.4, 0.5) is 0 Å². The molecule has 4 aromatic rings. The fourth-order valence-corrected chi connectivity index (χ4v) is 5.88. The molecule has 1 N–H and O–H groups in total. The van der Waals surface area contributed by atoms with E-state index in [0.29, 0.717) is 21.5 Å². The van der Waals surface area contributed by atoms with Gasteiger partial charge >= 0.3 is 0 Å². The van der Waals surface area contributed by atoms with Gasteiger partial charge in [0.15, 0.2) is 0 Å². The molecule has 4 rings (SSSR count). The van der Waals surface area contributed by atoms with Gasteiger partial charge in [0.05, 0.1) is 4.90 Å². The quantitative estimate of drug-likeness (QED) is 0.275. The lowest BCUT2D eigenvalue weighted by Crippen LogP contribution is -2.37. The molecule has 0 aliphatic heterocycles. The van der Waals surface area contributed by atoms with Crippen molar-refractivity contribution in [2.24, 2.45) is 0 Å². The van der Waals surface area contributed by atoms with Gasteiger partial charge in [-0.05, 0) is 71.6 Å². The van der Waals surface area contributed by atoms with Crippen LogP contribution in [-0.2, 0) is 16.4 Å². The summed E-state index contributed by atoms with van der Waals surface area (Å²) in [7, 11) is -3.75. The van der Waals surface area contributed by atoms with Gasteiger partial charge in [-0.1, -0.05) is 83.3 Å². The van der Waals surface area contributed by atoms with Crippen LogP contribution in [0.5, 0.6) is 0 Å². The summed E-state index contributed by atoms with van der Waals surface area (Å²) in [5, 5.41) is 3.57. The molecule has 0 radical (unpaired) electrons. The number of rotatable bonds is 7. The van der Waals surface area contributed by atoms with Gasteiger partial charge in [0.1, 0.15) is 0 Å². The third kappa shape index (κ3) is 5.71. The summed E-state index contributed by atoms with van der Waals surface area (Å²) < 4.78 is 29.4. The van der Waals surface area contributed by atoms with Crippen LogP contribution in [0.15, 0.2) is 89.8 Å². The topological polar surface area (TPSA) is 46.2 Å². The first-order valence-electron chi connectivity index (χ1n) is 10.4. The minimum Gasteiger partial charge on any atom is -0.208 e. The molecule has 0 heterocycles. The smallest absolute Gasteiger partial charge is 0.208 e. The summed E-state index contributed by atoms with van der Waals surface area (Å²) in [6, 6.07) is 25.2. The van der Waals surface area contributed by atoms with Crippen LogP contribution in [0.25, 0.3) is 10.8 Å². The Kier molecular flexibility index (Phi) is 7.32. The fraction of sp³-hybridized carbons (Fsp3) is 0.154. The molecule has 0 saturated carbocycles. The monoisotopic (exact) mass is 517 g/mol. The van der Waals surface area contributed by atoms with E-state index >= 15 is 0 Å². The molecule has 0 aliphatic rings. The van der Waals surface area contributed by atoms with Gasteiger partial charge in [0.2, 0.25) is 10.0 Å². The molecule has 33 heavy (non-hydrogen) atoms. The van der Waals surface area contributed by atoms with Crippen molar-refractivity contribution in [1.82, 2.24) is 4.72 Å². The van der Waals surface area contributed by atoms with Crippen molar-refractivity contribution in [2.75, 3.05) is 0 Å². The first kappa shape index (κ1) is 24.1. The van der Waals surface area contributed by atoms with Crippen molar-refractivity contribution in [2.45, 2.75) is 30.2 Å². The summed E-state index contributed by atoms with van der Waals surface area (Å²) in [6.45, 7) is 1.86. The van der Waals surface area contributed by atoms with E-state index in [-0.39, 0.29) is 10.8 Å². The van der Waals surface area contributed by atoms with E-state index in [4.69, 9.17) is 34.8 Å². The highest BCUT2D eigenvalue weighted by molar-refractivity contribution is 7.89. The van der Waals surface area contributed by atoms with Gasteiger partial charge in [-0.15, -0.1) is 0 Å². The van der Waals surface area contributed by atoms with E-state index in [0.717, 1.165) is 21.9 Å². The summed E-state index contributed by atoms with van der Waals surface area (Å²) in [4.78, 5) is 0.229. The first-order chi connectivity index (χ1) is 15.7. The third-order valence-electron chi connectivity index (χ3n) is 5.73. The predicted molar refractivity (Wildman–Crippen MR) is 138 cm³/mol. The maximum Gasteiger partial charge on any atom is 0.240 e. The zero-order valence-electron chi connectivity index (χ0n) is 17.8. The van der Waals surface area contributed by atoms with E-state index in [2.05, 4.69) is 4.72 Å². The van der Waals surface area contributed by atoms with Crippen LogP contribution in [0.2, 0.25) is 15.1 Å². The highest BCUT2D eigenvalue weighted by Crippen LogP contribution is 2.31. The Bertz CT molecular complexity index is 1390. The van der Waals surface area contributed by atoms with Crippen LogP contribution >= 0.6 is 34.8 Å². The number of hydrogen-bond donors (Lipinski definition) is 1. The van der Waals surface area contributed by atoms with Crippen molar-refractivity contribution >= 4 is 55.6 Å². The minimum absolute atomic E-state index is 0.184. The zero-order valence-corrected chi connectivity index (χ0v) is 20.9. The Morgan fingerprint density at radius 3 is 2.15 bits per heavy atom. The number of benzene rings is 4. The van der Waals surface area contributed by atoms with E-state index in [1.54, 1.807) is 36.4 Å². The van der Waals surface area contributed by atoms with Crippen LogP contribution in [0.1, 0.15) is 24.0 Å². The Labute approximate surface area is 209 Å². The largest absolute Gasteiger partial charge is 0.240 e. The average Bonchev–Trinajstić information content (AvgIpc) is 2.78. The second-order valence-corrected chi connectivity index (χ2v) is 11.0. The molecule has 0 aromatic heterocycles. The average molecular weight is 519 g/mol. The van der Waals surface area contributed by atoms with E-state index in [1.807, 2.05) is 55.5 Å². The molecular weight excluding hydrogens is 497 g/mol. The highest BCUT2D eigenvalue weighted by Gasteiger charge is 2.26. The Hall–Kier alpha value is -2.08. The summed E-state index contributed by atoms with van der Waals surface area (Å²) in [6.07, 6.45) is 0.527. The Morgan fingerprint density at radius 2 is 1.45 bits per heavy atom. The van der Waals surface area contributed by atoms with Crippen LogP contribution in [-0.4, -0.2) is 14.5 Å². The number of halogens is 3. The second kappa shape index (κ2) is 10.0. The highest BCUT2D eigenvalue weighted by atomic mass is 35.5. The molecule has 0 aliphatic carbocycles. The van der Waals surface area contributed by atoms with Crippen molar-refractivity contribution in [3.05, 3.63) is 111 Å². The number of fused-ring (bicyclic) bond motifs is 1. The van der Waals surface area contributed by atoms with E-state index in [9.17, 15) is 8.42 Å². The lowest BCUT2D eigenvalue weighted by atomic mass is 9.87. The lowest BCUT2D eigenvalue weighted by Gasteiger charge is -2.26. The fourth-order valence-electron chi connectivity index (χ4n) is 3.95. The zero-order chi connectivity index (χ0) is 23.6. The molecule has 0 bridgehead atoms. The van der Waals surface area contributed by atoms with Crippen molar-refractivity contribution in [3.63, 3.8) is 0 Å². The van der Waals surface area contributed by atoms with Crippen molar-refractivity contribution in [1.29, 1.82) is 0 Å². The first-order valence-corrected chi connectivity index (χ1v) is 13.1. The minimum atomic E-state index is -3.75. The third-order valence-corrected chi connectivity index (χ3v) is 8.12. The molecule has 0 amide bonds. The van der Waals surface area contributed by atoms with Crippen LogP contribution in [0.3, 0.4) is 0 Å². The van der Waals surface area contributed by atoms with Gasteiger partial charge in [0.25, 0.3) is 0 Å². The van der Waals surface area contributed by atoms with E-state index in [1.165, 1.54) is 0 Å². The summed E-state index contributed by atoms with van der Waals surface area (Å²) in [5.74, 6) is -0.184. The maximum atomic E-state index is 13.3. The maximum absolute atomic E-state index is 13.3. The second-order valence-electron chi connectivity index (χ2n) is 8.02.